The zero-order valence-corrected chi connectivity index (χ0v) is 22.3. The molecule has 1 amide bonds. The smallest absolute Gasteiger partial charge is 0.340 e. The van der Waals surface area contributed by atoms with Crippen molar-refractivity contribution in [2.24, 2.45) is 0 Å². The lowest BCUT2D eigenvalue weighted by Gasteiger charge is -2.16. The molecule has 0 heterocycles. The highest BCUT2D eigenvalue weighted by atomic mass is 16.6. The lowest BCUT2D eigenvalue weighted by molar-refractivity contribution is -0.161. The summed E-state index contributed by atoms with van der Waals surface area (Å²) in [6.45, 7) is 7.32. The number of benzene rings is 2. The van der Waals surface area contributed by atoms with E-state index in [9.17, 15) is 14.4 Å². The highest BCUT2D eigenvalue weighted by Crippen LogP contribution is 2.13. The van der Waals surface area contributed by atoms with Gasteiger partial charge in [0.2, 0.25) is 11.9 Å². The first-order valence-corrected chi connectivity index (χ1v) is 13.2. The van der Waals surface area contributed by atoms with Gasteiger partial charge in [-0.2, -0.15) is 0 Å². The zero-order valence-electron chi connectivity index (χ0n) is 22.3. The van der Waals surface area contributed by atoms with Crippen LogP contribution in [0.3, 0.4) is 0 Å². The lowest BCUT2D eigenvalue weighted by Crippen LogP contribution is -2.47. The largest absolute Gasteiger partial charge is 0.459 e. The number of unbranched alkanes of at least 4 members (excludes halogenated alkanes) is 4. The lowest BCUT2D eigenvalue weighted by atomic mass is 10.2. The second kappa shape index (κ2) is 17.0. The van der Waals surface area contributed by atoms with Crippen LogP contribution in [-0.4, -0.2) is 37.0 Å². The van der Waals surface area contributed by atoms with Crippen LogP contribution in [0.25, 0.3) is 0 Å². The van der Waals surface area contributed by atoms with Gasteiger partial charge >= 0.3 is 11.9 Å². The fourth-order valence-electron chi connectivity index (χ4n) is 3.55. The van der Waals surface area contributed by atoms with Crippen molar-refractivity contribution in [1.82, 2.24) is 5.32 Å². The first-order chi connectivity index (χ1) is 17.9. The summed E-state index contributed by atoms with van der Waals surface area (Å²) in [5, 5.41) is 9.03. The van der Waals surface area contributed by atoms with Crippen molar-refractivity contribution >= 4 is 29.2 Å². The Bertz CT molecular complexity index is 889. The molecule has 8 nitrogen and oxygen atoms in total. The maximum atomic E-state index is 12.6. The van der Waals surface area contributed by atoms with Crippen molar-refractivity contribution in [3.63, 3.8) is 0 Å². The van der Waals surface area contributed by atoms with Gasteiger partial charge in [0.15, 0.2) is 0 Å². The van der Waals surface area contributed by atoms with Crippen LogP contribution in [0.1, 0.15) is 70.4 Å². The standard InChI is InChI=1S/C29H41N3O5/c1-4-6-8-18-30-25-14-10-23(11-15-25)20-36-28(34)27(32-22(3)33)29(35)37-21-24-12-16-26(17-13-24)31-19-9-7-5-2/h10-17,27,30-31H,4-9,18-21H2,1-3H3,(H,32,33). The molecule has 0 saturated heterocycles. The summed E-state index contributed by atoms with van der Waals surface area (Å²) >= 11 is 0. The Hall–Kier alpha value is -3.55. The monoisotopic (exact) mass is 511 g/mol. The van der Waals surface area contributed by atoms with Gasteiger partial charge in [-0.1, -0.05) is 63.8 Å². The molecule has 3 N–H and O–H groups in total. The summed E-state index contributed by atoms with van der Waals surface area (Å²) in [6, 6.07) is 13.5. The molecule has 0 aliphatic carbocycles. The third-order valence-electron chi connectivity index (χ3n) is 5.71. The summed E-state index contributed by atoms with van der Waals surface area (Å²) in [5.41, 5.74) is 3.52. The fraction of sp³-hybridized carbons (Fsp3) is 0.483. The minimum absolute atomic E-state index is 0.0228. The Balaban J connectivity index is 1.84. The van der Waals surface area contributed by atoms with E-state index in [1.807, 2.05) is 48.5 Å². The maximum absolute atomic E-state index is 12.6. The average Bonchev–Trinajstić information content (AvgIpc) is 2.90. The van der Waals surface area contributed by atoms with Crippen LogP contribution in [0.5, 0.6) is 0 Å². The van der Waals surface area contributed by atoms with Crippen LogP contribution in [0.15, 0.2) is 48.5 Å². The number of carbonyl (C=O) groups is 3. The Morgan fingerprint density at radius 3 is 1.43 bits per heavy atom. The number of carbonyl (C=O) groups excluding carboxylic acids is 3. The van der Waals surface area contributed by atoms with Crippen molar-refractivity contribution in [1.29, 1.82) is 0 Å². The van der Waals surface area contributed by atoms with Crippen molar-refractivity contribution in [3.05, 3.63) is 59.7 Å². The number of hydrogen-bond acceptors (Lipinski definition) is 7. The number of amides is 1. The number of rotatable bonds is 17. The minimum Gasteiger partial charge on any atom is -0.459 e. The number of nitrogens with one attached hydrogen (secondary N) is 3. The molecule has 0 bridgehead atoms. The van der Waals surface area contributed by atoms with E-state index in [1.165, 1.54) is 32.6 Å². The molecule has 2 rings (SSSR count). The third-order valence-corrected chi connectivity index (χ3v) is 5.71. The van der Waals surface area contributed by atoms with Gasteiger partial charge in [-0.25, -0.2) is 9.59 Å². The highest BCUT2D eigenvalue weighted by Gasteiger charge is 2.31. The Labute approximate surface area is 220 Å². The highest BCUT2D eigenvalue weighted by molar-refractivity contribution is 6.02. The van der Waals surface area contributed by atoms with Gasteiger partial charge in [-0.3, -0.25) is 4.79 Å². The van der Waals surface area contributed by atoms with Gasteiger partial charge in [0.05, 0.1) is 0 Å². The van der Waals surface area contributed by atoms with Crippen LogP contribution < -0.4 is 16.0 Å². The van der Waals surface area contributed by atoms with Gasteiger partial charge in [0.25, 0.3) is 0 Å². The predicted molar refractivity (Wildman–Crippen MR) is 146 cm³/mol. The van der Waals surface area contributed by atoms with Crippen LogP contribution in [0.2, 0.25) is 0 Å². The molecule has 8 heteroatoms. The molecular weight excluding hydrogens is 470 g/mol. The normalized spacial score (nSPS) is 10.6. The Morgan fingerprint density at radius 1 is 0.676 bits per heavy atom. The van der Waals surface area contributed by atoms with Gasteiger partial charge in [-0.05, 0) is 48.2 Å². The molecule has 37 heavy (non-hydrogen) atoms. The molecule has 0 aliphatic rings. The van der Waals surface area contributed by atoms with E-state index in [1.54, 1.807) is 0 Å². The fourth-order valence-corrected chi connectivity index (χ4v) is 3.55. The number of ether oxygens (including phenoxy) is 2. The number of anilines is 2. The molecule has 2 aromatic carbocycles. The van der Waals surface area contributed by atoms with E-state index >= 15 is 0 Å². The van der Waals surface area contributed by atoms with Crippen LogP contribution >= 0.6 is 0 Å². The van der Waals surface area contributed by atoms with E-state index < -0.39 is 23.9 Å². The number of esters is 2. The van der Waals surface area contributed by atoms with E-state index in [-0.39, 0.29) is 13.2 Å². The van der Waals surface area contributed by atoms with Crippen LogP contribution in [0, 0.1) is 0 Å². The van der Waals surface area contributed by atoms with Gasteiger partial charge < -0.3 is 25.4 Å². The quantitative estimate of drug-likeness (QED) is 0.153. The van der Waals surface area contributed by atoms with Crippen LogP contribution in [0.4, 0.5) is 11.4 Å². The first-order valence-electron chi connectivity index (χ1n) is 13.2. The van der Waals surface area contributed by atoms with Gasteiger partial charge in [0, 0.05) is 31.4 Å². The SMILES string of the molecule is CCCCCNc1ccc(COC(=O)C(NC(C)=O)C(=O)OCc2ccc(NCCCCC)cc2)cc1. The second-order valence-corrected chi connectivity index (χ2v) is 9.01. The predicted octanol–water partition coefficient (Wildman–Crippen LogP) is 5.18. The topological polar surface area (TPSA) is 106 Å². The van der Waals surface area contributed by atoms with E-state index in [0.717, 1.165) is 48.4 Å². The van der Waals surface area contributed by atoms with E-state index in [4.69, 9.17) is 9.47 Å². The molecular formula is C29H41N3O5. The Morgan fingerprint density at radius 2 is 1.08 bits per heavy atom. The Kier molecular flexibility index (Phi) is 13.6. The molecule has 0 aliphatic heterocycles. The average molecular weight is 512 g/mol. The molecule has 0 atom stereocenters. The van der Waals surface area contributed by atoms with Crippen molar-refractivity contribution in [2.45, 2.75) is 78.6 Å². The van der Waals surface area contributed by atoms with Crippen molar-refractivity contribution in [3.8, 4) is 0 Å². The minimum atomic E-state index is -1.53. The van der Waals surface area contributed by atoms with Crippen LogP contribution in [-0.2, 0) is 37.1 Å². The number of hydrogen-bond donors (Lipinski definition) is 3. The maximum Gasteiger partial charge on any atom is 0.340 e. The molecule has 0 saturated carbocycles. The molecule has 0 fully saturated rings. The van der Waals surface area contributed by atoms with E-state index in [2.05, 4.69) is 29.8 Å². The molecule has 202 valence electrons. The second-order valence-electron chi connectivity index (χ2n) is 9.01. The summed E-state index contributed by atoms with van der Waals surface area (Å²) in [5.74, 6) is -2.27. The molecule has 0 unspecified atom stereocenters. The van der Waals surface area contributed by atoms with Crippen molar-refractivity contribution < 1.29 is 23.9 Å². The summed E-state index contributed by atoms with van der Waals surface area (Å²) in [7, 11) is 0. The molecule has 0 spiro atoms. The molecule has 2 aromatic rings. The summed E-state index contributed by atoms with van der Waals surface area (Å²) in [6.07, 6.45) is 6.92. The zero-order chi connectivity index (χ0) is 26.9. The molecule has 0 radical (unpaired) electrons. The molecule has 0 aromatic heterocycles. The summed E-state index contributed by atoms with van der Waals surface area (Å²) < 4.78 is 10.6. The summed E-state index contributed by atoms with van der Waals surface area (Å²) in [4.78, 5) is 36.8. The first kappa shape index (κ1) is 29.7. The van der Waals surface area contributed by atoms with Gasteiger partial charge in [0.1, 0.15) is 13.2 Å². The van der Waals surface area contributed by atoms with E-state index in [0.29, 0.717) is 0 Å². The third kappa shape index (κ3) is 11.8. The van der Waals surface area contributed by atoms with Gasteiger partial charge in [-0.15, -0.1) is 0 Å². The van der Waals surface area contributed by atoms with Crippen molar-refractivity contribution in [2.75, 3.05) is 23.7 Å².